The van der Waals surface area contributed by atoms with Crippen molar-refractivity contribution in [2.45, 2.75) is 33.6 Å². The SMILES string of the molecule is CC#CCC(CC=O)(C(=O)OCC)C(=O)OCC. The summed E-state index contributed by atoms with van der Waals surface area (Å²) in [5.74, 6) is 3.70. The molecule has 0 saturated carbocycles. The summed E-state index contributed by atoms with van der Waals surface area (Å²) in [6.45, 7) is 5.08. The van der Waals surface area contributed by atoms with E-state index in [2.05, 4.69) is 11.8 Å². The second-order valence-electron chi connectivity index (χ2n) is 3.50. The van der Waals surface area contributed by atoms with E-state index in [9.17, 15) is 14.4 Å². The molecule has 5 nitrogen and oxygen atoms in total. The first-order chi connectivity index (χ1) is 8.58. The van der Waals surface area contributed by atoms with Crippen LogP contribution in [0, 0.1) is 17.3 Å². The molecule has 0 spiro atoms. The second-order valence-corrected chi connectivity index (χ2v) is 3.50. The molecule has 18 heavy (non-hydrogen) atoms. The third-order valence-electron chi connectivity index (χ3n) is 2.33. The average Bonchev–Trinajstić information content (AvgIpc) is 2.35. The number of hydrogen-bond acceptors (Lipinski definition) is 5. The fourth-order valence-electron chi connectivity index (χ4n) is 1.39. The molecule has 5 heteroatoms. The molecule has 0 atom stereocenters. The van der Waals surface area contributed by atoms with Crippen molar-refractivity contribution in [1.82, 2.24) is 0 Å². The Morgan fingerprint density at radius 1 is 1.17 bits per heavy atom. The van der Waals surface area contributed by atoms with Crippen LogP contribution in [0.4, 0.5) is 0 Å². The summed E-state index contributed by atoms with van der Waals surface area (Å²) in [6.07, 6.45) is 0.129. The van der Waals surface area contributed by atoms with Crippen LogP contribution in [0.5, 0.6) is 0 Å². The molecule has 0 heterocycles. The lowest BCUT2D eigenvalue weighted by Crippen LogP contribution is -2.42. The molecule has 0 rings (SSSR count). The standard InChI is InChI=1S/C13H18O5/c1-4-7-8-13(9-10-14,11(15)17-5-2)12(16)18-6-3/h10H,5-6,8-9H2,1-3H3. The van der Waals surface area contributed by atoms with E-state index < -0.39 is 17.4 Å². The van der Waals surface area contributed by atoms with Gasteiger partial charge in [0.05, 0.1) is 13.2 Å². The molecule has 0 unspecified atom stereocenters. The first-order valence-corrected chi connectivity index (χ1v) is 5.76. The molecule has 0 aromatic rings. The minimum absolute atomic E-state index is 0.0834. The van der Waals surface area contributed by atoms with Crippen molar-refractivity contribution >= 4 is 18.2 Å². The van der Waals surface area contributed by atoms with Gasteiger partial charge in [0, 0.05) is 12.8 Å². The molecule has 0 aliphatic carbocycles. The quantitative estimate of drug-likeness (QED) is 0.294. The Bertz CT molecular complexity index is 343. The van der Waals surface area contributed by atoms with Gasteiger partial charge in [-0.3, -0.25) is 9.59 Å². The summed E-state index contributed by atoms with van der Waals surface area (Å²) in [4.78, 5) is 34.6. The molecule has 0 saturated heterocycles. The van der Waals surface area contributed by atoms with Gasteiger partial charge in [-0.05, 0) is 20.8 Å². The number of rotatable bonds is 7. The van der Waals surface area contributed by atoms with Crippen LogP contribution in [0.1, 0.15) is 33.6 Å². The van der Waals surface area contributed by atoms with E-state index in [0.717, 1.165) is 0 Å². The lowest BCUT2D eigenvalue weighted by Gasteiger charge is -2.25. The van der Waals surface area contributed by atoms with E-state index in [1.165, 1.54) is 0 Å². The van der Waals surface area contributed by atoms with Gasteiger partial charge in [-0.15, -0.1) is 11.8 Å². The molecule has 0 aromatic heterocycles. The zero-order valence-corrected chi connectivity index (χ0v) is 10.9. The van der Waals surface area contributed by atoms with Crippen molar-refractivity contribution in [2.24, 2.45) is 5.41 Å². The van der Waals surface area contributed by atoms with Crippen molar-refractivity contribution < 1.29 is 23.9 Å². The van der Waals surface area contributed by atoms with E-state index in [0.29, 0.717) is 6.29 Å². The minimum Gasteiger partial charge on any atom is -0.465 e. The van der Waals surface area contributed by atoms with E-state index in [1.54, 1.807) is 20.8 Å². The molecule has 0 aromatic carbocycles. The van der Waals surface area contributed by atoms with Crippen LogP contribution < -0.4 is 0 Å². The number of carbonyl (C=O) groups excluding carboxylic acids is 3. The van der Waals surface area contributed by atoms with Crippen LogP contribution in [0.2, 0.25) is 0 Å². The monoisotopic (exact) mass is 254 g/mol. The molecule has 0 radical (unpaired) electrons. The number of esters is 2. The molecule has 0 bridgehead atoms. The zero-order chi connectivity index (χ0) is 14.0. The minimum atomic E-state index is -1.64. The summed E-state index contributed by atoms with van der Waals surface area (Å²) in [5.41, 5.74) is -1.64. The molecule has 0 N–H and O–H groups in total. The van der Waals surface area contributed by atoms with Crippen LogP contribution in [0.3, 0.4) is 0 Å². The zero-order valence-electron chi connectivity index (χ0n) is 10.9. The summed E-state index contributed by atoms with van der Waals surface area (Å²) >= 11 is 0. The molecule has 0 aliphatic rings. The van der Waals surface area contributed by atoms with Gasteiger partial charge in [0.25, 0.3) is 0 Å². The van der Waals surface area contributed by atoms with Crippen molar-refractivity contribution in [1.29, 1.82) is 0 Å². The van der Waals surface area contributed by atoms with Gasteiger partial charge in [0.2, 0.25) is 0 Å². The lowest BCUT2D eigenvalue weighted by molar-refractivity contribution is -0.172. The largest absolute Gasteiger partial charge is 0.465 e. The Kier molecular flexibility index (Phi) is 7.45. The second kappa shape index (κ2) is 8.29. The number of hydrogen-bond donors (Lipinski definition) is 0. The van der Waals surface area contributed by atoms with E-state index in [-0.39, 0.29) is 26.1 Å². The summed E-state index contributed by atoms with van der Waals surface area (Å²) < 4.78 is 9.72. The van der Waals surface area contributed by atoms with Gasteiger partial charge in [-0.1, -0.05) is 0 Å². The normalized spacial score (nSPS) is 9.94. The highest BCUT2D eigenvalue weighted by Crippen LogP contribution is 2.29. The highest BCUT2D eigenvalue weighted by molar-refractivity contribution is 6.02. The van der Waals surface area contributed by atoms with Crippen molar-refractivity contribution in [3.63, 3.8) is 0 Å². The predicted molar refractivity (Wildman–Crippen MR) is 64.4 cm³/mol. The molecular weight excluding hydrogens is 236 g/mol. The Morgan fingerprint density at radius 2 is 1.67 bits per heavy atom. The third-order valence-corrected chi connectivity index (χ3v) is 2.33. The van der Waals surface area contributed by atoms with Crippen LogP contribution in [-0.2, 0) is 23.9 Å². The lowest BCUT2D eigenvalue weighted by atomic mass is 9.81. The summed E-state index contributed by atoms with van der Waals surface area (Å²) in [7, 11) is 0. The fourth-order valence-corrected chi connectivity index (χ4v) is 1.39. The summed E-state index contributed by atoms with van der Waals surface area (Å²) in [5, 5.41) is 0. The van der Waals surface area contributed by atoms with Gasteiger partial charge < -0.3 is 14.3 Å². The van der Waals surface area contributed by atoms with Gasteiger partial charge >= 0.3 is 11.9 Å². The fraction of sp³-hybridized carbons (Fsp3) is 0.615. The van der Waals surface area contributed by atoms with Crippen LogP contribution in [0.15, 0.2) is 0 Å². The summed E-state index contributed by atoms with van der Waals surface area (Å²) in [6, 6.07) is 0. The third kappa shape index (κ3) is 3.88. The smallest absolute Gasteiger partial charge is 0.324 e. The van der Waals surface area contributed by atoms with Crippen LogP contribution in [-0.4, -0.2) is 31.4 Å². The number of ether oxygens (including phenoxy) is 2. The van der Waals surface area contributed by atoms with Gasteiger partial charge in [0.15, 0.2) is 5.41 Å². The van der Waals surface area contributed by atoms with Crippen LogP contribution in [0.25, 0.3) is 0 Å². The van der Waals surface area contributed by atoms with Crippen molar-refractivity contribution in [2.75, 3.05) is 13.2 Å². The number of aldehydes is 1. The van der Waals surface area contributed by atoms with Gasteiger partial charge in [-0.25, -0.2) is 0 Å². The first-order valence-electron chi connectivity index (χ1n) is 5.76. The van der Waals surface area contributed by atoms with Crippen molar-refractivity contribution in [3.05, 3.63) is 0 Å². The van der Waals surface area contributed by atoms with Gasteiger partial charge in [-0.2, -0.15) is 0 Å². The van der Waals surface area contributed by atoms with Crippen LogP contribution >= 0.6 is 0 Å². The Balaban J connectivity index is 5.36. The molecule has 0 fully saturated rings. The molecule has 100 valence electrons. The maximum atomic E-state index is 11.9. The predicted octanol–water partition coefficient (Wildman–Crippen LogP) is 1.10. The van der Waals surface area contributed by atoms with E-state index in [4.69, 9.17) is 9.47 Å². The maximum absolute atomic E-state index is 11.9. The van der Waals surface area contributed by atoms with E-state index in [1.807, 2.05) is 0 Å². The Labute approximate surface area is 107 Å². The molecule has 0 aliphatic heterocycles. The highest BCUT2D eigenvalue weighted by atomic mass is 16.6. The molecule has 0 amide bonds. The Hall–Kier alpha value is -1.83. The first kappa shape index (κ1) is 16.2. The Morgan fingerprint density at radius 3 is 2.00 bits per heavy atom. The average molecular weight is 254 g/mol. The highest BCUT2D eigenvalue weighted by Gasteiger charge is 2.48. The van der Waals surface area contributed by atoms with Crippen molar-refractivity contribution in [3.8, 4) is 11.8 Å². The topological polar surface area (TPSA) is 69.7 Å². The number of carbonyl (C=O) groups is 3. The molecular formula is C13H18O5. The van der Waals surface area contributed by atoms with Gasteiger partial charge in [0.1, 0.15) is 6.29 Å². The maximum Gasteiger partial charge on any atom is 0.324 e. The van der Waals surface area contributed by atoms with E-state index >= 15 is 0 Å².